The molecule has 0 spiro atoms. The first-order chi connectivity index (χ1) is 22.8. The van der Waals surface area contributed by atoms with Crippen molar-refractivity contribution in [3.63, 3.8) is 0 Å². The summed E-state index contributed by atoms with van der Waals surface area (Å²) in [6.07, 6.45) is 7.98. The van der Waals surface area contributed by atoms with Crippen LogP contribution < -0.4 is 15.4 Å². The molecule has 0 aliphatic carbocycles. The van der Waals surface area contributed by atoms with Gasteiger partial charge in [0, 0.05) is 37.1 Å². The number of rotatable bonds is 10. The van der Waals surface area contributed by atoms with Crippen LogP contribution in [-0.4, -0.2) is 48.9 Å². The lowest BCUT2D eigenvalue weighted by Crippen LogP contribution is -2.48. The van der Waals surface area contributed by atoms with Crippen LogP contribution >= 0.6 is 11.6 Å². The number of hydrogen-bond acceptors (Lipinski definition) is 6. The van der Waals surface area contributed by atoms with Crippen LogP contribution in [0.1, 0.15) is 77.8 Å². The van der Waals surface area contributed by atoms with Gasteiger partial charge in [-0.05, 0) is 60.4 Å². The van der Waals surface area contributed by atoms with Crippen molar-refractivity contribution < 1.29 is 28.7 Å². The van der Waals surface area contributed by atoms with Gasteiger partial charge in [-0.25, -0.2) is 4.79 Å². The van der Waals surface area contributed by atoms with Crippen molar-refractivity contribution in [3.05, 3.63) is 82.9 Å². The lowest BCUT2D eigenvalue weighted by molar-refractivity contribution is -0.155. The number of amides is 2. The molecule has 2 amide bonds. The Labute approximate surface area is 290 Å². The zero-order chi connectivity index (χ0) is 35.2. The number of allylic oxidation sites excluding steroid dienone is 1. The molecular weight excluding hydrogens is 628 g/mol. The molecule has 1 heterocycles. The van der Waals surface area contributed by atoms with Gasteiger partial charge in [-0.3, -0.25) is 14.4 Å². The first kappa shape index (κ1) is 38.5. The molecule has 1 aliphatic rings. The van der Waals surface area contributed by atoms with E-state index in [4.69, 9.17) is 21.1 Å². The second-order valence-corrected chi connectivity index (χ2v) is 14.0. The van der Waals surface area contributed by atoms with Gasteiger partial charge in [0.1, 0.15) is 17.9 Å². The summed E-state index contributed by atoms with van der Waals surface area (Å²) in [5.74, 6) is -1.50. The fourth-order valence-corrected chi connectivity index (χ4v) is 6.10. The maximum Gasteiger partial charge on any atom is 0.328 e. The van der Waals surface area contributed by atoms with Gasteiger partial charge in [0.25, 0.3) is 0 Å². The van der Waals surface area contributed by atoms with Crippen LogP contribution in [0.2, 0.25) is 5.02 Å². The minimum atomic E-state index is -0.855. The Hall–Kier alpha value is -3.91. The van der Waals surface area contributed by atoms with E-state index in [1.807, 2.05) is 83.2 Å². The van der Waals surface area contributed by atoms with E-state index in [-0.39, 0.29) is 61.0 Å². The molecule has 2 aromatic rings. The highest BCUT2D eigenvalue weighted by Gasteiger charge is 2.30. The number of halogens is 1. The monoisotopic (exact) mass is 678 g/mol. The quantitative estimate of drug-likeness (QED) is 0.259. The molecule has 2 N–H and O–H groups in total. The van der Waals surface area contributed by atoms with Gasteiger partial charge < -0.3 is 20.1 Å². The van der Waals surface area contributed by atoms with Crippen LogP contribution in [0.3, 0.4) is 0 Å². The average Bonchev–Trinajstić information content (AvgIpc) is 3.02. The third kappa shape index (κ3) is 12.9. The predicted octanol–water partition coefficient (Wildman–Crippen LogP) is 7.14. The fourth-order valence-electron chi connectivity index (χ4n) is 5.82. The van der Waals surface area contributed by atoms with E-state index in [2.05, 4.69) is 10.6 Å². The Kier molecular flexibility index (Phi) is 15.4. The Balaban J connectivity index is 1.96. The van der Waals surface area contributed by atoms with Crippen molar-refractivity contribution in [2.45, 2.75) is 91.3 Å². The Morgan fingerprint density at radius 1 is 0.938 bits per heavy atom. The second kappa shape index (κ2) is 19.2. The van der Waals surface area contributed by atoms with Crippen LogP contribution in [-0.2, 0) is 30.3 Å². The zero-order valence-corrected chi connectivity index (χ0v) is 29.8. The molecule has 260 valence electrons. The van der Waals surface area contributed by atoms with E-state index in [0.29, 0.717) is 23.6 Å². The molecule has 48 heavy (non-hydrogen) atoms. The fraction of sp³-hybridized carbons (Fsp3) is 0.487. The van der Waals surface area contributed by atoms with E-state index in [1.165, 1.54) is 13.2 Å². The molecule has 0 saturated carbocycles. The summed E-state index contributed by atoms with van der Waals surface area (Å²) < 4.78 is 11.4. The summed E-state index contributed by atoms with van der Waals surface area (Å²) in [4.78, 5) is 54.2. The maximum atomic E-state index is 13.8. The molecule has 5 atom stereocenters. The summed E-state index contributed by atoms with van der Waals surface area (Å²) in [7, 11) is 1.53. The van der Waals surface area contributed by atoms with Crippen LogP contribution in [0, 0.1) is 23.7 Å². The molecule has 3 rings (SSSR count). The molecule has 0 radical (unpaired) electrons. The smallest absolute Gasteiger partial charge is 0.328 e. The number of hydrogen-bond donors (Lipinski definition) is 2. The largest absolute Gasteiger partial charge is 0.495 e. The van der Waals surface area contributed by atoms with Crippen molar-refractivity contribution in [1.82, 2.24) is 10.6 Å². The normalized spacial score (nSPS) is 23.1. The molecule has 0 saturated heterocycles. The Morgan fingerprint density at radius 3 is 2.29 bits per heavy atom. The number of carbonyl (C=O) groups is 4. The van der Waals surface area contributed by atoms with Gasteiger partial charge in [0.15, 0.2) is 5.78 Å². The first-order valence-electron chi connectivity index (χ1n) is 16.9. The number of ketones is 1. The molecule has 1 aliphatic heterocycles. The van der Waals surface area contributed by atoms with Crippen molar-refractivity contribution in [1.29, 1.82) is 0 Å². The van der Waals surface area contributed by atoms with Gasteiger partial charge in [-0.1, -0.05) is 101 Å². The topological polar surface area (TPSA) is 111 Å². The summed E-state index contributed by atoms with van der Waals surface area (Å²) in [6.45, 7) is 9.94. The second-order valence-electron chi connectivity index (χ2n) is 13.6. The van der Waals surface area contributed by atoms with Gasteiger partial charge in [-0.15, -0.1) is 0 Å². The first-order valence-corrected chi connectivity index (χ1v) is 17.3. The van der Waals surface area contributed by atoms with Crippen molar-refractivity contribution in [3.8, 4) is 5.75 Å². The van der Waals surface area contributed by atoms with Gasteiger partial charge in [0.05, 0.1) is 12.1 Å². The lowest BCUT2D eigenvalue weighted by Gasteiger charge is -2.27. The van der Waals surface area contributed by atoms with E-state index < -0.39 is 30.1 Å². The number of cyclic esters (lactones) is 1. The molecule has 1 unspecified atom stereocenters. The van der Waals surface area contributed by atoms with Gasteiger partial charge >= 0.3 is 5.97 Å². The zero-order valence-electron chi connectivity index (χ0n) is 29.0. The number of nitrogens with one attached hydrogen (secondary N) is 2. The molecular formula is C39H51ClN2O6. The Bertz CT molecular complexity index is 1440. The van der Waals surface area contributed by atoms with Gasteiger partial charge in [-0.2, -0.15) is 0 Å². The summed E-state index contributed by atoms with van der Waals surface area (Å²) in [6, 6.07) is 13.8. The minimum Gasteiger partial charge on any atom is -0.495 e. The summed E-state index contributed by atoms with van der Waals surface area (Å²) in [5.41, 5.74) is 1.80. The number of benzene rings is 2. The van der Waals surface area contributed by atoms with Gasteiger partial charge in [0.2, 0.25) is 11.8 Å². The van der Waals surface area contributed by atoms with E-state index in [0.717, 1.165) is 11.1 Å². The number of ether oxygens (including phenoxy) is 2. The third-order valence-electron chi connectivity index (χ3n) is 8.30. The van der Waals surface area contributed by atoms with Crippen LogP contribution in [0.5, 0.6) is 5.75 Å². The molecule has 2 aromatic carbocycles. The Morgan fingerprint density at radius 2 is 1.65 bits per heavy atom. The predicted molar refractivity (Wildman–Crippen MR) is 190 cm³/mol. The standard InChI is InChI=1S/C39H51ClN2O6/c1-25(2)19-31-24-37(44)42-34(20-26(3)4)39(46)48-35(27(5)15-16-28-11-8-7-9-12-28)14-10-13-32(43)23-30(38(45)41-31)21-29-17-18-36(47-6)33(40)22-29/h7-13,15-18,22,25-27,30-31,34-35H,14,19-21,23-24H2,1-6H3,(H,41,45)(H,42,44)/b13-10+,16-15+/t27-,30+,31?,34+,35+/m1/s1. The van der Waals surface area contributed by atoms with E-state index >= 15 is 0 Å². The van der Waals surface area contributed by atoms with E-state index in [1.54, 1.807) is 18.2 Å². The van der Waals surface area contributed by atoms with Crippen LogP contribution in [0.4, 0.5) is 0 Å². The molecule has 0 aromatic heterocycles. The van der Waals surface area contributed by atoms with Crippen molar-refractivity contribution >= 4 is 41.2 Å². The molecule has 0 bridgehead atoms. The lowest BCUT2D eigenvalue weighted by atomic mass is 9.91. The highest BCUT2D eigenvalue weighted by molar-refractivity contribution is 6.32. The minimum absolute atomic E-state index is 0.0135. The third-order valence-corrected chi connectivity index (χ3v) is 8.59. The highest BCUT2D eigenvalue weighted by Crippen LogP contribution is 2.27. The SMILES string of the molecule is COc1ccc(C[C@H]2CC(=O)/C=C/C[C@@H]([C@H](C)/C=C/c3ccccc3)OC(=O)[C@H](CC(C)C)NC(=O)CC(CC(C)C)NC2=O)cc1Cl. The summed E-state index contributed by atoms with van der Waals surface area (Å²) in [5, 5.41) is 6.37. The van der Waals surface area contributed by atoms with Crippen molar-refractivity contribution in [2.24, 2.45) is 23.7 Å². The number of methoxy groups -OCH3 is 1. The summed E-state index contributed by atoms with van der Waals surface area (Å²) >= 11 is 6.38. The van der Waals surface area contributed by atoms with E-state index in [9.17, 15) is 19.2 Å². The van der Waals surface area contributed by atoms with Crippen molar-refractivity contribution in [2.75, 3.05) is 7.11 Å². The van der Waals surface area contributed by atoms with Crippen LogP contribution in [0.15, 0.2) is 66.8 Å². The molecule has 0 fully saturated rings. The maximum absolute atomic E-state index is 13.8. The number of esters is 1. The molecule has 9 heteroatoms. The van der Waals surface area contributed by atoms with Crippen LogP contribution in [0.25, 0.3) is 6.08 Å². The molecule has 8 nitrogen and oxygen atoms in total. The number of carbonyl (C=O) groups excluding carboxylic acids is 4. The average molecular weight is 679 g/mol. The highest BCUT2D eigenvalue weighted by atomic mass is 35.5.